The van der Waals surface area contributed by atoms with Gasteiger partial charge >= 0.3 is 0 Å². The Morgan fingerprint density at radius 3 is 2.32 bits per heavy atom. The van der Waals surface area contributed by atoms with Crippen LogP contribution in [0.3, 0.4) is 0 Å². The third-order valence-electron chi connectivity index (χ3n) is 5.32. The molecule has 31 heavy (non-hydrogen) atoms. The second-order valence-corrected chi connectivity index (χ2v) is 8.19. The van der Waals surface area contributed by atoms with Gasteiger partial charge in [-0.1, -0.05) is 39.5 Å². The molecule has 0 atom stereocenters. The average Bonchev–Trinajstić information content (AvgIpc) is 2.77. The minimum atomic E-state index is 0. The number of carbonyl (C=O) groups is 1. The van der Waals surface area contributed by atoms with Crippen LogP contribution in [0.4, 0.5) is 5.95 Å². The highest BCUT2D eigenvalue weighted by Crippen LogP contribution is 2.10. The number of amides is 1. The molecular weight excluding hydrogens is 505 g/mol. The van der Waals surface area contributed by atoms with Gasteiger partial charge in [0.05, 0.1) is 0 Å². The maximum Gasteiger partial charge on any atom is 0.225 e. The molecule has 176 valence electrons. The Morgan fingerprint density at radius 2 is 1.68 bits per heavy atom. The van der Waals surface area contributed by atoms with Crippen molar-refractivity contribution >= 4 is 41.8 Å². The summed E-state index contributed by atoms with van der Waals surface area (Å²) in [6.45, 7) is 9.02. The molecule has 1 aromatic heterocycles. The summed E-state index contributed by atoms with van der Waals surface area (Å²) in [4.78, 5) is 29.4. The summed E-state index contributed by atoms with van der Waals surface area (Å²) >= 11 is 0. The number of nitrogens with one attached hydrogen (secondary N) is 2. The lowest BCUT2D eigenvalue weighted by Gasteiger charge is -2.34. The van der Waals surface area contributed by atoms with E-state index in [0.717, 1.165) is 43.9 Å². The van der Waals surface area contributed by atoms with E-state index >= 15 is 0 Å². The van der Waals surface area contributed by atoms with E-state index in [4.69, 9.17) is 0 Å². The van der Waals surface area contributed by atoms with Gasteiger partial charge in [0, 0.05) is 65.1 Å². The van der Waals surface area contributed by atoms with Crippen LogP contribution in [-0.2, 0) is 4.79 Å². The predicted molar refractivity (Wildman–Crippen MR) is 138 cm³/mol. The van der Waals surface area contributed by atoms with Gasteiger partial charge in [0.25, 0.3) is 0 Å². The number of piperazine rings is 1. The van der Waals surface area contributed by atoms with Crippen molar-refractivity contribution in [3.8, 4) is 0 Å². The van der Waals surface area contributed by atoms with Crippen LogP contribution in [0.15, 0.2) is 23.5 Å². The van der Waals surface area contributed by atoms with Crippen molar-refractivity contribution in [3.63, 3.8) is 0 Å². The van der Waals surface area contributed by atoms with Crippen LogP contribution in [0.25, 0.3) is 0 Å². The molecule has 9 heteroatoms. The highest BCUT2D eigenvalue weighted by atomic mass is 127. The minimum Gasteiger partial charge on any atom is -0.356 e. The lowest BCUT2D eigenvalue weighted by atomic mass is 10.0. The Morgan fingerprint density at radius 1 is 1.03 bits per heavy atom. The SMILES string of the molecule is CN=C(NCCCCCCC(C)C)NCCC(=O)N1CCN(c2ncccn2)CC1.I. The minimum absolute atomic E-state index is 0. The standard InChI is InChI=1S/C22H39N7O.HI/c1-19(2)9-6-4-5-7-11-24-21(23-3)25-14-10-20(30)28-15-17-29(18-16-28)22-26-12-8-13-27-22;/h8,12-13,19H,4-7,9-11,14-18H2,1-3H3,(H2,23,24,25);1H. The van der Waals surface area contributed by atoms with E-state index < -0.39 is 0 Å². The van der Waals surface area contributed by atoms with E-state index in [1.54, 1.807) is 19.4 Å². The van der Waals surface area contributed by atoms with E-state index in [-0.39, 0.29) is 29.9 Å². The number of aliphatic imine (C=N–C) groups is 1. The molecule has 1 fully saturated rings. The molecule has 0 aromatic carbocycles. The Bertz CT molecular complexity index is 634. The number of guanidine groups is 1. The molecule has 0 radical (unpaired) electrons. The molecule has 0 aliphatic carbocycles. The third-order valence-corrected chi connectivity index (χ3v) is 5.32. The predicted octanol–water partition coefficient (Wildman–Crippen LogP) is 2.90. The quantitative estimate of drug-likeness (QED) is 0.193. The van der Waals surface area contributed by atoms with Crippen LogP contribution in [0.2, 0.25) is 0 Å². The summed E-state index contributed by atoms with van der Waals surface area (Å²) in [6, 6.07) is 1.81. The first kappa shape index (κ1) is 27.4. The zero-order valence-corrected chi connectivity index (χ0v) is 21.7. The Hall–Kier alpha value is -1.65. The topological polar surface area (TPSA) is 85.8 Å². The Balaban J connectivity index is 0.00000480. The van der Waals surface area contributed by atoms with Crippen molar-refractivity contribution in [1.29, 1.82) is 0 Å². The van der Waals surface area contributed by atoms with Crippen LogP contribution >= 0.6 is 24.0 Å². The van der Waals surface area contributed by atoms with Gasteiger partial charge in [-0.05, 0) is 18.4 Å². The number of carbonyl (C=O) groups excluding carboxylic acids is 1. The van der Waals surface area contributed by atoms with Gasteiger partial charge in [-0.15, -0.1) is 24.0 Å². The van der Waals surface area contributed by atoms with Crippen molar-refractivity contribution < 1.29 is 4.79 Å². The van der Waals surface area contributed by atoms with Gasteiger partial charge in [0.1, 0.15) is 0 Å². The van der Waals surface area contributed by atoms with Crippen LogP contribution in [-0.4, -0.2) is 73.1 Å². The molecule has 2 heterocycles. The molecule has 0 saturated carbocycles. The summed E-state index contributed by atoms with van der Waals surface area (Å²) < 4.78 is 0. The van der Waals surface area contributed by atoms with Crippen LogP contribution in [0, 0.1) is 5.92 Å². The number of rotatable bonds is 11. The highest BCUT2D eigenvalue weighted by molar-refractivity contribution is 14.0. The van der Waals surface area contributed by atoms with E-state index in [9.17, 15) is 4.79 Å². The third kappa shape index (κ3) is 11.0. The van der Waals surface area contributed by atoms with Crippen LogP contribution in [0.1, 0.15) is 52.4 Å². The smallest absolute Gasteiger partial charge is 0.225 e. The number of aromatic nitrogens is 2. The van der Waals surface area contributed by atoms with Gasteiger partial charge in [0.15, 0.2) is 5.96 Å². The molecule has 1 saturated heterocycles. The lowest BCUT2D eigenvalue weighted by molar-refractivity contribution is -0.131. The van der Waals surface area contributed by atoms with Gasteiger partial charge in [-0.2, -0.15) is 0 Å². The zero-order chi connectivity index (χ0) is 21.6. The highest BCUT2D eigenvalue weighted by Gasteiger charge is 2.22. The fourth-order valence-corrected chi connectivity index (χ4v) is 3.51. The number of unbranched alkanes of at least 4 members (excludes halogenated alkanes) is 3. The normalized spacial score (nSPS) is 14.4. The number of hydrogen-bond acceptors (Lipinski definition) is 5. The molecule has 0 bridgehead atoms. The van der Waals surface area contributed by atoms with Crippen molar-refractivity contribution in [3.05, 3.63) is 18.5 Å². The lowest BCUT2D eigenvalue weighted by Crippen LogP contribution is -2.50. The summed E-state index contributed by atoms with van der Waals surface area (Å²) in [5.41, 5.74) is 0. The van der Waals surface area contributed by atoms with E-state index in [1.165, 1.54) is 25.7 Å². The summed E-state index contributed by atoms with van der Waals surface area (Å²) in [5, 5.41) is 6.59. The molecule has 2 N–H and O–H groups in total. The fourth-order valence-electron chi connectivity index (χ4n) is 3.51. The number of halogens is 1. The van der Waals surface area contributed by atoms with E-state index in [2.05, 4.69) is 44.3 Å². The van der Waals surface area contributed by atoms with Crippen molar-refractivity contribution in [1.82, 2.24) is 25.5 Å². The van der Waals surface area contributed by atoms with E-state index in [1.807, 2.05) is 11.0 Å². The monoisotopic (exact) mass is 545 g/mol. The molecule has 1 aliphatic rings. The van der Waals surface area contributed by atoms with Gasteiger partial charge in [0.2, 0.25) is 11.9 Å². The average molecular weight is 546 g/mol. The van der Waals surface area contributed by atoms with Gasteiger partial charge < -0.3 is 20.4 Å². The molecule has 1 aromatic rings. The fraction of sp³-hybridized carbons (Fsp3) is 0.727. The first-order chi connectivity index (χ1) is 14.6. The summed E-state index contributed by atoms with van der Waals surface area (Å²) in [5.74, 6) is 2.49. The van der Waals surface area contributed by atoms with Gasteiger partial charge in [-0.25, -0.2) is 9.97 Å². The Labute approximate surface area is 204 Å². The van der Waals surface area contributed by atoms with Crippen LogP contribution in [0.5, 0.6) is 0 Å². The van der Waals surface area contributed by atoms with Crippen LogP contribution < -0.4 is 15.5 Å². The summed E-state index contributed by atoms with van der Waals surface area (Å²) in [7, 11) is 1.77. The molecule has 8 nitrogen and oxygen atoms in total. The molecular formula is C22H40IN7O. The summed E-state index contributed by atoms with van der Waals surface area (Å²) in [6.07, 6.45) is 10.3. The maximum absolute atomic E-state index is 12.5. The largest absolute Gasteiger partial charge is 0.356 e. The van der Waals surface area contributed by atoms with Crippen molar-refractivity contribution in [2.75, 3.05) is 51.2 Å². The first-order valence-electron chi connectivity index (χ1n) is 11.3. The molecule has 0 spiro atoms. The number of hydrogen-bond donors (Lipinski definition) is 2. The van der Waals surface area contributed by atoms with Crippen molar-refractivity contribution in [2.24, 2.45) is 10.9 Å². The van der Waals surface area contributed by atoms with Gasteiger partial charge in [-0.3, -0.25) is 9.79 Å². The first-order valence-corrected chi connectivity index (χ1v) is 11.3. The molecule has 1 aliphatic heterocycles. The second kappa shape index (κ2) is 16.0. The van der Waals surface area contributed by atoms with Crippen molar-refractivity contribution in [2.45, 2.75) is 52.4 Å². The number of anilines is 1. The molecule has 1 amide bonds. The number of nitrogens with zero attached hydrogens (tertiary/aromatic N) is 5. The zero-order valence-electron chi connectivity index (χ0n) is 19.3. The molecule has 0 unspecified atom stereocenters. The Kier molecular flexibility index (Phi) is 14.2. The molecule has 2 rings (SSSR count). The maximum atomic E-state index is 12.5. The second-order valence-electron chi connectivity index (χ2n) is 8.19. The van der Waals surface area contributed by atoms with E-state index in [0.29, 0.717) is 26.1 Å².